The fraction of sp³-hybridized carbons (Fsp3) is 0.910. The maximum Gasteiger partial charge on any atom is 0.223 e. The van der Waals surface area contributed by atoms with Gasteiger partial charge in [-0.05, 0) is 100 Å². The van der Waals surface area contributed by atoms with Gasteiger partial charge in [0, 0.05) is 31.2 Å². The van der Waals surface area contributed by atoms with Crippen molar-refractivity contribution in [3.63, 3.8) is 0 Å². The number of thiazole rings is 1. The normalized spacial score (nSPS) is 13.9. The summed E-state index contributed by atoms with van der Waals surface area (Å²) in [6, 6.07) is 0. The molecule has 1 amide bonds. The van der Waals surface area contributed by atoms with Gasteiger partial charge in [-0.3, -0.25) is 4.79 Å². The number of anilines is 1. The van der Waals surface area contributed by atoms with Crippen molar-refractivity contribution in [1.82, 2.24) is 20.5 Å². The third-order valence-corrected chi connectivity index (χ3v) is 11.6. The van der Waals surface area contributed by atoms with E-state index in [1.807, 2.05) is 5.38 Å². The van der Waals surface area contributed by atoms with Crippen molar-refractivity contribution >= 4 is 22.4 Å². The Morgan fingerprint density at radius 2 is 0.840 bits per heavy atom. The Hall–Kier alpha value is -1.96. The number of nitrogens with one attached hydrogen (secondary N) is 1. The number of aromatic nitrogens is 3. The number of aryl methyl sites for hydroxylation is 1. The van der Waals surface area contributed by atoms with Crippen LogP contribution in [0.2, 0.25) is 0 Å². The molecule has 1 saturated heterocycles. The minimum Gasteiger partial charge on any atom is -0.426 e. The minimum atomic E-state index is 0.139. The second-order valence-electron chi connectivity index (χ2n) is 32.1. The molecule has 0 aliphatic carbocycles. The van der Waals surface area contributed by atoms with E-state index in [1.165, 1.54) is 94.8 Å². The van der Waals surface area contributed by atoms with Crippen LogP contribution in [0.25, 0.3) is 0 Å². The van der Waals surface area contributed by atoms with E-state index >= 15 is 0 Å². The van der Waals surface area contributed by atoms with Crippen LogP contribution < -0.4 is 11.1 Å². The zero-order valence-corrected chi connectivity index (χ0v) is 58.6. The van der Waals surface area contributed by atoms with Crippen LogP contribution in [0.3, 0.4) is 0 Å². The molecule has 3 N–H and O–H groups in total. The van der Waals surface area contributed by atoms with Crippen LogP contribution in [0.1, 0.15) is 336 Å². The molecule has 0 radical (unpaired) electrons. The molecule has 7 nitrogen and oxygen atoms in total. The van der Waals surface area contributed by atoms with Crippen LogP contribution in [0.5, 0.6) is 0 Å². The molecular formula is C67H141N5O2S. The zero-order valence-electron chi connectivity index (χ0n) is 57.8. The first-order chi connectivity index (χ1) is 33.3. The molecule has 2 aromatic heterocycles. The van der Waals surface area contributed by atoms with Gasteiger partial charge in [0.25, 0.3) is 0 Å². The van der Waals surface area contributed by atoms with Gasteiger partial charge in [-0.2, -0.15) is 0 Å². The summed E-state index contributed by atoms with van der Waals surface area (Å²) in [7, 11) is 0. The van der Waals surface area contributed by atoms with Gasteiger partial charge in [0.15, 0.2) is 5.13 Å². The van der Waals surface area contributed by atoms with Crippen LogP contribution in [0.4, 0.5) is 5.13 Å². The van der Waals surface area contributed by atoms with Crippen molar-refractivity contribution < 1.29 is 9.21 Å². The van der Waals surface area contributed by atoms with E-state index in [0.29, 0.717) is 48.9 Å². The molecule has 3 rings (SSSR count). The summed E-state index contributed by atoms with van der Waals surface area (Å²) in [6.07, 6.45) is 20.2. The SMILES string of the molecule is CC(C)(C)C1CCNC1=O.CC(C)(C)Cc1csc(N)n1.CCCC(C)(C)C.CCCC(C)(C)C.CCCC(C)(C)C.CCCC(C)(C)C.CCCC(C)(C)C.CCCCC(C)(C)C.Cc1nnc(CC(C)(C)C)o1. The first-order valence-electron chi connectivity index (χ1n) is 30.1. The van der Waals surface area contributed by atoms with Crippen molar-refractivity contribution in [1.29, 1.82) is 0 Å². The molecule has 2 aromatic rings. The minimum absolute atomic E-state index is 0.139. The smallest absolute Gasteiger partial charge is 0.223 e. The number of carbonyl (C=O) groups is 1. The second kappa shape index (κ2) is 41.1. The highest BCUT2D eigenvalue weighted by Crippen LogP contribution is 2.31. The fourth-order valence-electron chi connectivity index (χ4n) is 7.69. The molecule has 0 saturated carbocycles. The average Bonchev–Trinajstić information content (AvgIpc) is 3.89. The van der Waals surface area contributed by atoms with Crippen molar-refractivity contribution in [3.05, 3.63) is 22.9 Å². The average molecular weight is 1080 g/mol. The Kier molecular flexibility index (Phi) is 46.2. The maximum absolute atomic E-state index is 11.1. The number of nitrogen functional groups attached to an aromatic ring is 1. The number of hydrogen-bond acceptors (Lipinski definition) is 7. The van der Waals surface area contributed by atoms with Crippen molar-refractivity contribution in [2.45, 2.75) is 338 Å². The van der Waals surface area contributed by atoms with Crippen molar-refractivity contribution in [3.8, 4) is 0 Å². The molecule has 1 unspecified atom stereocenters. The van der Waals surface area contributed by atoms with Gasteiger partial charge in [0.1, 0.15) is 0 Å². The predicted octanol–water partition coefficient (Wildman–Crippen LogP) is 22.8. The maximum atomic E-state index is 11.1. The Labute approximate surface area is 477 Å². The summed E-state index contributed by atoms with van der Waals surface area (Å²) in [4.78, 5) is 15.3. The van der Waals surface area contributed by atoms with E-state index in [1.54, 1.807) is 6.92 Å². The van der Waals surface area contributed by atoms with Crippen LogP contribution >= 0.6 is 11.3 Å². The lowest BCUT2D eigenvalue weighted by Gasteiger charge is -2.23. The van der Waals surface area contributed by atoms with Gasteiger partial charge in [-0.1, -0.05) is 273 Å². The number of nitrogens with zero attached hydrogens (tertiary/aromatic N) is 3. The van der Waals surface area contributed by atoms with Crippen LogP contribution in [-0.4, -0.2) is 27.6 Å². The molecule has 8 heteroatoms. The number of unbranched alkanes of at least 4 members (excludes halogenated alkanes) is 1. The lowest BCUT2D eigenvalue weighted by Crippen LogP contribution is -2.28. The number of nitrogens with two attached hydrogens (primary N) is 1. The van der Waals surface area contributed by atoms with E-state index in [0.717, 1.165) is 37.4 Å². The molecule has 1 atom stereocenters. The van der Waals surface area contributed by atoms with Gasteiger partial charge < -0.3 is 15.5 Å². The lowest BCUT2D eigenvalue weighted by molar-refractivity contribution is -0.125. The third kappa shape index (κ3) is 78.6. The number of amides is 1. The topological polar surface area (TPSA) is 107 Å². The molecule has 1 fully saturated rings. The Morgan fingerprint density at radius 3 is 0.987 bits per heavy atom. The molecule has 3 heterocycles. The highest BCUT2D eigenvalue weighted by molar-refractivity contribution is 7.13. The van der Waals surface area contributed by atoms with E-state index in [2.05, 4.69) is 249 Å². The number of rotatable bonds is 9. The summed E-state index contributed by atoms with van der Waals surface area (Å²) < 4.78 is 5.24. The third-order valence-electron chi connectivity index (χ3n) is 10.9. The summed E-state index contributed by atoms with van der Waals surface area (Å²) in [5.41, 5.74) is 10.6. The first kappa shape index (κ1) is 84.3. The van der Waals surface area contributed by atoms with Crippen LogP contribution in [0.15, 0.2) is 9.80 Å². The molecule has 75 heavy (non-hydrogen) atoms. The molecule has 0 bridgehead atoms. The largest absolute Gasteiger partial charge is 0.426 e. The summed E-state index contributed by atoms with van der Waals surface area (Å²) >= 11 is 1.51. The lowest BCUT2D eigenvalue weighted by atomic mass is 9.80. The van der Waals surface area contributed by atoms with Crippen LogP contribution in [-0.2, 0) is 17.6 Å². The van der Waals surface area contributed by atoms with Crippen molar-refractivity contribution in [2.24, 2.45) is 54.7 Å². The van der Waals surface area contributed by atoms with Gasteiger partial charge in [-0.15, -0.1) is 21.5 Å². The summed E-state index contributed by atoms with van der Waals surface area (Å²) in [5, 5.41) is 13.2. The van der Waals surface area contributed by atoms with E-state index in [9.17, 15) is 4.79 Å². The molecule has 0 aromatic carbocycles. The molecule has 452 valence electrons. The van der Waals surface area contributed by atoms with Gasteiger partial charge in [0.2, 0.25) is 17.7 Å². The summed E-state index contributed by atoms with van der Waals surface area (Å²) in [5.74, 6) is 1.83. The molecule has 1 aliphatic rings. The number of hydrogen-bond donors (Lipinski definition) is 2. The Balaban J connectivity index is -0.000000180. The first-order valence-corrected chi connectivity index (χ1v) is 31.0. The van der Waals surface area contributed by atoms with Crippen LogP contribution in [0, 0.1) is 61.6 Å². The quantitative estimate of drug-likeness (QED) is 0.259. The van der Waals surface area contributed by atoms with Crippen molar-refractivity contribution in [2.75, 3.05) is 12.3 Å². The molecule has 1 aliphatic heterocycles. The number of carbonyl (C=O) groups excluding carboxylic acids is 1. The van der Waals surface area contributed by atoms with Gasteiger partial charge in [-0.25, -0.2) is 4.98 Å². The predicted molar refractivity (Wildman–Crippen MR) is 343 cm³/mol. The molecular weight excluding hydrogens is 939 g/mol. The fourth-order valence-corrected chi connectivity index (χ4v) is 8.25. The standard InChI is InChI=1S/C8H14N2O.C8H14N2S.C8H15NO.C8H18.5C7H16/c1-6-9-10-7(11-6)5-8(2,3)4;1-8(2,3)4-6-5-11-7(9)10-6;1-8(2,3)6-4-5-9-7(6)10;1-5-6-7-8(2,3)4;5*1-5-6-7(2,3)4/h5H2,1-4H3;5H,4H2,1-3H3,(H2,9,10);6H,4-5H2,1-3H3,(H,9,10);5-7H2,1-4H3;5*5-6H2,1-4H3. The second-order valence-corrected chi connectivity index (χ2v) is 33.0. The van der Waals surface area contributed by atoms with Gasteiger partial charge >= 0.3 is 0 Å². The summed E-state index contributed by atoms with van der Waals surface area (Å²) in [6.45, 7) is 76.4. The van der Waals surface area contributed by atoms with E-state index < -0.39 is 0 Å². The van der Waals surface area contributed by atoms with E-state index in [4.69, 9.17) is 10.2 Å². The highest BCUT2D eigenvalue weighted by atomic mass is 32.1. The highest BCUT2D eigenvalue weighted by Gasteiger charge is 2.34. The molecule has 0 spiro atoms. The zero-order chi connectivity index (χ0) is 60.9. The van der Waals surface area contributed by atoms with Gasteiger partial charge in [0.05, 0.1) is 5.69 Å². The Bertz CT molecular complexity index is 1430. The monoisotopic (exact) mass is 1080 g/mol. The Morgan fingerprint density at radius 1 is 0.507 bits per heavy atom. The van der Waals surface area contributed by atoms with E-state index in [-0.39, 0.29) is 22.7 Å².